The van der Waals surface area contributed by atoms with Gasteiger partial charge in [0.2, 0.25) is 0 Å². The molecule has 1 aromatic carbocycles. The summed E-state index contributed by atoms with van der Waals surface area (Å²) in [6, 6.07) is 2.49. The van der Waals surface area contributed by atoms with E-state index in [1.165, 1.54) is 6.07 Å². The van der Waals surface area contributed by atoms with Gasteiger partial charge >= 0.3 is 0 Å². The van der Waals surface area contributed by atoms with Crippen molar-refractivity contribution in [3.63, 3.8) is 0 Å². The molecule has 0 radical (unpaired) electrons. The zero-order valence-electron chi connectivity index (χ0n) is 10.5. The first-order valence-corrected chi connectivity index (χ1v) is 7.39. The van der Waals surface area contributed by atoms with Crippen LogP contribution in [0.25, 0.3) is 0 Å². The fourth-order valence-corrected chi connectivity index (χ4v) is 3.06. The molecule has 0 bridgehead atoms. The van der Waals surface area contributed by atoms with Crippen LogP contribution in [0.5, 0.6) is 0 Å². The van der Waals surface area contributed by atoms with Crippen molar-refractivity contribution in [1.82, 2.24) is 0 Å². The highest BCUT2D eigenvalue weighted by atomic mass is 35.5. The Bertz CT molecular complexity index is 553. The van der Waals surface area contributed by atoms with Gasteiger partial charge in [0.15, 0.2) is 5.82 Å². The first kappa shape index (κ1) is 15.4. The van der Waals surface area contributed by atoms with Gasteiger partial charge in [-0.05, 0) is 23.5 Å². The minimum atomic E-state index is -4.59. The minimum absolute atomic E-state index is 0.247. The van der Waals surface area contributed by atoms with E-state index in [4.69, 9.17) is 16.2 Å². The first-order chi connectivity index (χ1) is 8.11. The molecule has 0 spiro atoms. The maximum absolute atomic E-state index is 13.9. The summed E-state index contributed by atoms with van der Waals surface area (Å²) >= 11 is 5.87. The van der Waals surface area contributed by atoms with Crippen LogP contribution in [0.2, 0.25) is 5.02 Å². The number of hydrogen-bond acceptors (Lipinski definition) is 2. The molecule has 3 nitrogen and oxygen atoms in total. The van der Waals surface area contributed by atoms with Gasteiger partial charge in [-0.25, -0.2) is 4.39 Å². The van der Waals surface area contributed by atoms with E-state index in [2.05, 4.69) is 0 Å². The predicted molar refractivity (Wildman–Crippen MR) is 69.2 cm³/mol. The summed E-state index contributed by atoms with van der Waals surface area (Å²) < 4.78 is 44.6. The zero-order valence-corrected chi connectivity index (χ0v) is 12.1. The fraction of sp³-hybridized carbons (Fsp3) is 0.500. The molecular formula is C12H16ClFO3S. The van der Waals surface area contributed by atoms with E-state index in [0.29, 0.717) is 5.56 Å². The minimum Gasteiger partial charge on any atom is -0.282 e. The van der Waals surface area contributed by atoms with E-state index < -0.39 is 20.8 Å². The summed E-state index contributed by atoms with van der Waals surface area (Å²) in [5.74, 6) is -1.10. The van der Waals surface area contributed by atoms with Crippen LogP contribution in [0.1, 0.15) is 39.2 Å². The lowest BCUT2D eigenvalue weighted by molar-refractivity contribution is 0.459. The van der Waals surface area contributed by atoms with Gasteiger partial charge in [0.05, 0.1) is 5.02 Å². The van der Waals surface area contributed by atoms with Crippen LogP contribution in [0.3, 0.4) is 0 Å². The molecule has 0 heterocycles. The molecule has 0 aliphatic carbocycles. The first-order valence-electron chi connectivity index (χ1n) is 5.57. The third kappa shape index (κ3) is 3.02. The van der Waals surface area contributed by atoms with Crippen molar-refractivity contribution in [1.29, 1.82) is 0 Å². The third-order valence-corrected chi connectivity index (χ3v) is 4.17. The molecule has 0 aliphatic rings. The highest BCUT2D eigenvalue weighted by Gasteiger charge is 2.27. The highest BCUT2D eigenvalue weighted by molar-refractivity contribution is 7.85. The van der Waals surface area contributed by atoms with Gasteiger partial charge in [0, 0.05) is 0 Å². The van der Waals surface area contributed by atoms with Crippen LogP contribution < -0.4 is 0 Å². The Labute approximate surface area is 112 Å². The summed E-state index contributed by atoms with van der Waals surface area (Å²) in [7, 11) is -4.59. The van der Waals surface area contributed by atoms with Crippen molar-refractivity contribution in [2.45, 2.75) is 43.9 Å². The molecule has 0 saturated carbocycles. The van der Waals surface area contributed by atoms with Crippen molar-refractivity contribution >= 4 is 21.7 Å². The summed E-state index contributed by atoms with van der Waals surface area (Å²) in [5, 5.41) is -0.247. The quantitative estimate of drug-likeness (QED) is 0.859. The molecule has 1 aromatic rings. The van der Waals surface area contributed by atoms with Crippen LogP contribution >= 0.6 is 11.6 Å². The maximum atomic E-state index is 13.9. The SMILES string of the molecule is CCCC(C)(C)c1ccc(S(=O)(=O)O)c(F)c1Cl. The molecule has 0 fully saturated rings. The number of rotatable bonds is 4. The largest absolute Gasteiger partial charge is 0.297 e. The monoisotopic (exact) mass is 294 g/mol. The summed E-state index contributed by atoms with van der Waals surface area (Å²) in [4.78, 5) is -0.788. The standard InChI is InChI=1S/C12H16ClFO3S/c1-4-7-12(2,3)8-5-6-9(18(15,16)17)11(14)10(8)13/h5-6H,4,7H2,1-3H3,(H,15,16,17). The number of benzene rings is 1. The van der Waals surface area contributed by atoms with E-state index in [0.717, 1.165) is 18.9 Å². The highest BCUT2D eigenvalue weighted by Crippen LogP contribution is 2.36. The van der Waals surface area contributed by atoms with Gasteiger partial charge in [0.1, 0.15) is 4.90 Å². The van der Waals surface area contributed by atoms with Crippen molar-refractivity contribution in [2.24, 2.45) is 0 Å². The van der Waals surface area contributed by atoms with Gasteiger partial charge in [-0.2, -0.15) is 8.42 Å². The van der Waals surface area contributed by atoms with Gasteiger partial charge in [-0.3, -0.25) is 4.55 Å². The van der Waals surface area contributed by atoms with E-state index >= 15 is 0 Å². The average molecular weight is 295 g/mol. The zero-order chi connectivity index (χ0) is 14.1. The smallest absolute Gasteiger partial charge is 0.282 e. The Morgan fingerprint density at radius 3 is 2.39 bits per heavy atom. The normalized spacial score (nSPS) is 12.8. The topological polar surface area (TPSA) is 54.4 Å². The van der Waals surface area contributed by atoms with Crippen LogP contribution in [0.15, 0.2) is 17.0 Å². The van der Waals surface area contributed by atoms with Gasteiger partial charge in [0.25, 0.3) is 10.1 Å². The molecule has 1 N–H and O–H groups in total. The number of hydrogen-bond donors (Lipinski definition) is 1. The Kier molecular flexibility index (Phi) is 4.41. The van der Waals surface area contributed by atoms with E-state index in [1.807, 2.05) is 20.8 Å². The molecule has 0 amide bonds. The van der Waals surface area contributed by atoms with Crippen LogP contribution in [-0.4, -0.2) is 13.0 Å². The van der Waals surface area contributed by atoms with Crippen molar-refractivity contribution in [2.75, 3.05) is 0 Å². The average Bonchev–Trinajstić information content (AvgIpc) is 2.19. The van der Waals surface area contributed by atoms with Gasteiger partial charge in [-0.15, -0.1) is 0 Å². The second kappa shape index (κ2) is 5.15. The lowest BCUT2D eigenvalue weighted by Crippen LogP contribution is -2.18. The van der Waals surface area contributed by atoms with Crippen molar-refractivity contribution in [3.05, 3.63) is 28.5 Å². The fourth-order valence-electron chi connectivity index (χ4n) is 2.01. The van der Waals surface area contributed by atoms with Crippen LogP contribution in [0, 0.1) is 5.82 Å². The van der Waals surface area contributed by atoms with E-state index in [-0.39, 0.29) is 10.4 Å². The van der Waals surface area contributed by atoms with Gasteiger partial charge in [-0.1, -0.05) is 44.9 Å². The molecular weight excluding hydrogens is 279 g/mol. The summed E-state index contributed by atoms with van der Waals surface area (Å²) in [5.41, 5.74) is 0.181. The molecule has 0 atom stereocenters. The van der Waals surface area contributed by atoms with Gasteiger partial charge < -0.3 is 0 Å². The van der Waals surface area contributed by atoms with Crippen molar-refractivity contribution < 1.29 is 17.4 Å². The Hall–Kier alpha value is -0.650. The second-order valence-electron chi connectivity index (χ2n) is 4.85. The summed E-state index contributed by atoms with van der Waals surface area (Å²) in [6.07, 6.45) is 1.68. The maximum Gasteiger partial charge on any atom is 0.297 e. The molecule has 18 heavy (non-hydrogen) atoms. The molecule has 0 unspecified atom stereocenters. The third-order valence-electron chi connectivity index (χ3n) is 2.93. The van der Waals surface area contributed by atoms with Crippen LogP contribution in [-0.2, 0) is 15.5 Å². The Morgan fingerprint density at radius 1 is 1.39 bits per heavy atom. The Morgan fingerprint density at radius 2 is 1.94 bits per heavy atom. The van der Waals surface area contributed by atoms with E-state index in [1.54, 1.807) is 0 Å². The second-order valence-corrected chi connectivity index (χ2v) is 6.62. The number of halogens is 2. The molecule has 6 heteroatoms. The lowest BCUT2D eigenvalue weighted by Gasteiger charge is -2.26. The molecule has 102 valence electrons. The molecule has 0 aromatic heterocycles. The van der Waals surface area contributed by atoms with Crippen molar-refractivity contribution in [3.8, 4) is 0 Å². The molecule has 0 saturated heterocycles. The summed E-state index contributed by atoms with van der Waals surface area (Å²) in [6.45, 7) is 5.81. The van der Waals surface area contributed by atoms with E-state index in [9.17, 15) is 12.8 Å². The predicted octanol–water partition coefficient (Wildman–Crippen LogP) is 3.80. The molecule has 0 aliphatic heterocycles. The Balaban J connectivity index is 3.42. The van der Waals surface area contributed by atoms with Crippen LogP contribution in [0.4, 0.5) is 4.39 Å². The lowest BCUT2D eigenvalue weighted by atomic mass is 9.80. The molecule has 1 rings (SSSR count).